The molecule has 1 amide bonds. The molecule has 2 aromatic rings. The molecule has 0 aromatic heterocycles. The number of amides is 1. The first-order valence-electron chi connectivity index (χ1n) is 10.8. The van der Waals surface area contributed by atoms with Crippen molar-refractivity contribution in [1.82, 2.24) is 4.31 Å². The molecule has 7 nitrogen and oxygen atoms in total. The van der Waals surface area contributed by atoms with Crippen LogP contribution in [0.3, 0.4) is 0 Å². The quantitative estimate of drug-likeness (QED) is 0.741. The smallest absolute Gasteiger partial charge is 0.246 e. The fourth-order valence-electron chi connectivity index (χ4n) is 4.35. The first-order valence-corrected chi connectivity index (χ1v) is 12.2. The number of anilines is 2. The van der Waals surface area contributed by atoms with Crippen LogP contribution in [0.5, 0.6) is 5.75 Å². The van der Waals surface area contributed by atoms with Gasteiger partial charge in [-0.2, -0.15) is 4.31 Å². The Balaban J connectivity index is 1.52. The topological polar surface area (TPSA) is 79.0 Å². The third-order valence-corrected chi connectivity index (χ3v) is 7.84. The third-order valence-electron chi connectivity index (χ3n) is 5.92. The number of fused-ring (bicyclic) bond motifs is 1. The van der Waals surface area contributed by atoms with E-state index in [0.29, 0.717) is 18.8 Å². The average molecular weight is 444 g/mol. The molecule has 2 aromatic carbocycles. The van der Waals surface area contributed by atoms with E-state index in [0.717, 1.165) is 44.3 Å². The van der Waals surface area contributed by atoms with E-state index >= 15 is 0 Å². The van der Waals surface area contributed by atoms with E-state index in [4.69, 9.17) is 4.74 Å². The van der Waals surface area contributed by atoms with Gasteiger partial charge in [-0.25, -0.2) is 8.42 Å². The maximum Gasteiger partial charge on any atom is 0.246 e. The highest BCUT2D eigenvalue weighted by molar-refractivity contribution is 7.89. The average Bonchev–Trinajstić information content (AvgIpc) is 2.80. The van der Waals surface area contributed by atoms with Crippen LogP contribution < -0.4 is 15.0 Å². The lowest BCUT2D eigenvalue weighted by molar-refractivity contribution is -0.115. The van der Waals surface area contributed by atoms with E-state index in [1.54, 1.807) is 12.1 Å². The van der Waals surface area contributed by atoms with Gasteiger partial charge in [0.1, 0.15) is 10.6 Å². The largest absolute Gasteiger partial charge is 0.495 e. The molecule has 4 rings (SSSR count). The van der Waals surface area contributed by atoms with Crippen LogP contribution in [0.4, 0.5) is 11.4 Å². The van der Waals surface area contributed by atoms with Crippen molar-refractivity contribution in [2.45, 2.75) is 37.0 Å². The number of benzene rings is 2. The Morgan fingerprint density at radius 1 is 1.03 bits per heavy atom. The second-order valence-electron chi connectivity index (χ2n) is 8.03. The van der Waals surface area contributed by atoms with Crippen molar-refractivity contribution in [2.75, 3.05) is 43.5 Å². The molecular formula is C23H29N3O4S. The number of methoxy groups -OCH3 is 1. The van der Waals surface area contributed by atoms with Crippen LogP contribution >= 0.6 is 0 Å². The molecular weight excluding hydrogens is 414 g/mol. The van der Waals surface area contributed by atoms with Gasteiger partial charge in [0.15, 0.2) is 0 Å². The van der Waals surface area contributed by atoms with Crippen molar-refractivity contribution in [3.05, 3.63) is 48.0 Å². The minimum Gasteiger partial charge on any atom is -0.495 e. The van der Waals surface area contributed by atoms with Crippen LogP contribution in [-0.4, -0.2) is 51.9 Å². The van der Waals surface area contributed by atoms with Crippen LogP contribution in [0, 0.1) is 0 Å². The van der Waals surface area contributed by atoms with E-state index in [1.807, 2.05) is 18.2 Å². The molecule has 0 aliphatic carbocycles. The molecule has 1 fully saturated rings. The van der Waals surface area contributed by atoms with Crippen molar-refractivity contribution >= 4 is 27.3 Å². The number of nitrogens with zero attached hydrogens (tertiary/aromatic N) is 2. The Kier molecular flexibility index (Phi) is 6.48. The summed E-state index contributed by atoms with van der Waals surface area (Å²) in [6, 6.07) is 12.9. The highest BCUT2D eigenvalue weighted by Crippen LogP contribution is 2.31. The fraction of sp³-hybridized carbons (Fsp3) is 0.435. The van der Waals surface area contributed by atoms with E-state index in [9.17, 15) is 13.2 Å². The van der Waals surface area contributed by atoms with Crippen LogP contribution in [0.2, 0.25) is 0 Å². The molecule has 2 aliphatic rings. The number of nitrogens with one attached hydrogen (secondary N) is 1. The molecule has 0 unspecified atom stereocenters. The summed E-state index contributed by atoms with van der Waals surface area (Å²) in [5, 5.41) is 2.87. The zero-order valence-electron chi connectivity index (χ0n) is 17.8. The van der Waals surface area contributed by atoms with Crippen molar-refractivity contribution in [1.29, 1.82) is 0 Å². The lowest BCUT2D eigenvalue weighted by Crippen LogP contribution is -2.37. The minimum atomic E-state index is -3.68. The number of carbonyl (C=O) groups is 1. The Labute approximate surface area is 184 Å². The molecule has 8 heteroatoms. The number of piperidine rings is 1. The van der Waals surface area contributed by atoms with Crippen LogP contribution in [0.25, 0.3) is 0 Å². The SMILES string of the molecule is COc1ccc(NC(=O)CN2CCCc3ccccc32)cc1S(=O)(=O)N1CCCCC1. The first kappa shape index (κ1) is 21.6. The van der Waals surface area contributed by atoms with Crippen LogP contribution in [0.15, 0.2) is 47.4 Å². The number of aryl methyl sites for hydroxylation is 1. The summed E-state index contributed by atoms with van der Waals surface area (Å²) in [4.78, 5) is 14.9. The lowest BCUT2D eigenvalue weighted by atomic mass is 10.0. The molecule has 0 spiro atoms. The van der Waals surface area contributed by atoms with E-state index in [1.165, 1.54) is 23.0 Å². The summed E-state index contributed by atoms with van der Waals surface area (Å²) < 4.78 is 33.2. The summed E-state index contributed by atoms with van der Waals surface area (Å²) in [5.74, 6) is 0.108. The molecule has 0 bridgehead atoms. The number of carbonyl (C=O) groups excluding carboxylic acids is 1. The highest BCUT2D eigenvalue weighted by atomic mass is 32.2. The fourth-order valence-corrected chi connectivity index (χ4v) is 6.05. The first-order chi connectivity index (χ1) is 15.0. The van der Waals surface area contributed by atoms with Crippen molar-refractivity contribution in [3.8, 4) is 5.75 Å². The van der Waals surface area contributed by atoms with Crippen molar-refractivity contribution in [3.63, 3.8) is 0 Å². The van der Waals surface area contributed by atoms with Gasteiger partial charge in [0.2, 0.25) is 15.9 Å². The summed E-state index contributed by atoms with van der Waals surface area (Å²) in [5.41, 5.74) is 2.79. The zero-order valence-corrected chi connectivity index (χ0v) is 18.7. The molecule has 2 aliphatic heterocycles. The number of rotatable bonds is 6. The number of hydrogen-bond acceptors (Lipinski definition) is 5. The number of ether oxygens (including phenoxy) is 1. The van der Waals surface area contributed by atoms with Gasteiger partial charge in [0.05, 0.1) is 13.7 Å². The number of sulfonamides is 1. The summed E-state index contributed by atoms with van der Waals surface area (Å²) in [6.07, 6.45) is 4.78. The van der Waals surface area contributed by atoms with E-state index in [-0.39, 0.29) is 23.1 Å². The predicted octanol–water partition coefficient (Wildman–Crippen LogP) is 3.26. The standard InChI is InChI=1S/C23H29N3O4S/c1-30-21-12-11-19(16-22(21)31(28,29)26-14-5-2-6-15-26)24-23(27)17-25-13-7-9-18-8-3-4-10-20(18)25/h3-4,8,10-12,16H,2,5-7,9,13-15,17H2,1H3,(H,24,27). The van der Waals surface area contributed by atoms with Gasteiger partial charge >= 0.3 is 0 Å². The number of para-hydroxylation sites is 1. The molecule has 31 heavy (non-hydrogen) atoms. The van der Waals surface area contributed by atoms with Crippen molar-refractivity contribution in [2.24, 2.45) is 0 Å². The van der Waals surface area contributed by atoms with Gasteiger partial charge in [-0.05, 0) is 55.5 Å². The molecule has 1 saturated heterocycles. The monoisotopic (exact) mass is 443 g/mol. The lowest BCUT2D eigenvalue weighted by Gasteiger charge is -2.30. The third kappa shape index (κ3) is 4.70. The zero-order chi connectivity index (χ0) is 21.8. The molecule has 2 heterocycles. The Morgan fingerprint density at radius 2 is 1.81 bits per heavy atom. The minimum absolute atomic E-state index is 0.0954. The molecule has 0 atom stereocenters. The van der Waals surface area contributed by atoms with Gasteiger partial charge in [-0.15, -0.1) is 0 Å². The van der Waals surface area contributed by atoms with Gasteiger partial charge in [-0.3, -0.25) is 4.79 Å². The van der Waals surface area contributed by atoms with Gasteiger partial charge in [-0.1, -0.05) is 24.6 Å². The predicted molar refractivity (Wildman–Crippen MR) is 121 cm³/mol. The van der Waals surface area contributed by atoms with Crippen LogP contribution in [-0.2, 0) is 21.2 Å². The summed E-state index contributed by atoms with van der Waals surface area (Å²) in [6.45, 7) is 2.06. The Hall–Kier alpha value is -2.58. The summed E-state index contributed by atoms with van der Waals surface area (Å²) in [7, 11) is -2.23. The molecule has 166 valence electrons. The number of hydrogen-bond donors (Lipinski definition) is 1. The normalized spacial score (nSPS) is 17.1. The van der Waals surface area contributed by atoms with Crippen LogP contribution in [0.1, 0.15) is 31.2 Å². The van der Waals surface area contributed by atoms with Gasteiger partial charge in [0.25, 0.3) is 0 Å². The highest BCUT2D eigenvalue weighted by Gasteiger charge is 2.29. The molecule has 0 saturated carbocycles. The van der Waals surface area contributed by atoms with Crippen molar-refractivity contribution < 1.29 is 17.9 Å². The maximum atomic E-state index is 13.2. The van der Waals surface area contributed by atoms with E-state index in [2.05, 4.69) is 16.3 Å². The van der Waals surface area contributed by atoms with Gasteiger partial charge < -0.3 is 15.0 Å². The summed E-state index contributed by atoms with van der Waals surface area (Å²) >= 11 is 0. The van der Waals surface area contributed by atoms with Gasteiger partial charge in [0, 0.05) is 31.0 Å². The van der Waals surface area contributed by atoms with E-state index < -0.39 is 10.0 Å². The Bertz CT molecular complexity index is 1050. The second-order valence-corrected chi connectivity index (χ2v) is 9.94. The molecule has 1 N–H and O–H groups in total. The Morgan fingerprint density at radius 3 is 2.58 bits per heavy atom. The maximum absolute atomic E-state index is 13.2. The molecule has 0 radical (unpaired) electrons. The second kappa shape index (κ2) is 9.28.